The summed E-state index contributed by atoms with van der Waals surface area (Å²) >= 11 is 0. The van der Waals surface area contributed by atoms with Crippen LogP contribution in [-0.4, -0.2) is 29.1 Å². The molecule has 1 aromatic rings. The number of nitrogens with one attached hydrogen (secondary N) is 1. The molecule has 0 unspecified atom stereocenters. The first kappa shape index (κ1) is 16.9. The summed E-state index contributed by atoms with van der Waals surface area (Å²) in [6, 6.07) is 2.89. The van der Waals surface area contributed by atoms with E-state index in [4.69, 9.17) is 5.21 Å². The SMILES string of the molecule is CC.O=C(NO)c1cc(F)c2c(c1)CN(CC1CCC1)CC2. The number of hydrogen-bond donors (Lipinski definition) is 2. The van der Waals surface area contributed by atoms with Gasteiger partial charge in [0, 0.05) is 25.2 Å². The van der Waals surface area contributed by atoms with Gasteiger partial charge in [-0.05, 0) is 48.4 Å². The van der Waals surface area contributed by atoms with Crippen molar-refractivity contribution in [1.29, 1.82) is 0 Å². The van der Waals surface area contributed by atoms with Gasteiger partial charge in [-0.1, -0.05) is 20.3 Å². The Labute approximate surface area is 131 Å². The van der Waals surface area contributed by atoms with Crippen molar-refractivity contribution in [2.75, 3.05) is 13.1 Å². The quantitative estimate of drug-likeness (QED) is 0.666. The molecule has 4 nitrogen and oxygen atoms in total. The highest BCUT2D eigenvalue weighted by Crippen LogP contribution is 2.30. The first-order valence-electron chi connectivity index (χ1n) is 8.15. The van der Waals surface area contributed by atoms with E-state index in [1.54, 1.807) is 11.5 Å². The fraction of sp³-hybridized carbons (Fsp3) is 0.588. The largest absolute Gasteiger partial charge is 0.298 e. The van der Waals surface area contributed by atoms with E-state index in [1.807, 2.05) is 13.8 Å². The topological polar surface area (TPSA) is 52.6 Å². The normalized spacial score (nSPS) is 17.8. The number of hydroxylamine groups is 1. The van der Waals surface area contributed by atoms with Crippen LogP contribution in [0.3, 0.4) is 0 Å². The van der Waals surface area contributed by atoms with Crippen LogP contribution in [0.2, 0.25) is 0 Å². The van der Waals surface area contributed by atoms with Crippen LogP contribution in [0, 0.1) is 11.7 Å². The Bertz CT molecular complexity index is 530. The molecule has 1 heterocycles. The molecule has 1 fully saturated rings. The predicted molar refractivity (Wildman–Crippen MR) is 83.3 cm³/mol. The first-order valence-corrected chi connectivity index (χ1v) is 8.15. The van der Waals surface area contributed by atoms with Gasteiger partial charge in [0.2, 0.25) is 0 Å². The predicted octanol–water partition coefficient (Wildman–Crippen LogP) is 3.13. The van der Waals surface area contributed by atoms with Gasteiger partial charge in [0.05, 0.1) is 0 Å². The second-order valence-electron chi connectivity index (χ2n) is 5.82. The van der Waals surface area contributed by atoms with E-state index in [0.29, 0.717) is 18.5 Å². The highest BCUT2D eigenvalue weighted by atomic mass is 19.1. The standard InChI is InChI=1S/C15H19FN2O2.C2H6/c16-14-7-11(15(19)17-20)6-12-9-18(5-4-13(12)14)8-10-2-1-3-10;1-2/h6-7,10,20H,1-5,8-9H2,(H,17,19);1-2H3. The molecule has 0 atom stereocenters. The average Bonchev–Trinajstić information content (AvgIpc) is 2.51. The summed E-state index contributed by atoms with van der Waals surface area (Å²) in [5.74, 6) is -0.225. The molecule has 0 radical (unpaired) electrons. The molecule has 0 aromatic heterocycles. The summed E-state index contributed by atoms with van der Waals surface area (Å²) in [6.45, 7) is 6.64. The van der Waals surface area contributed by atoms with E-state index < -0.39 is 5.91 Å². The number of halogens is 1. The molecule has 2 N–H and O–H groups in total. The summed E-state index contributed by atoms with van der Waals surface area (Å²) in [5, 5.41) is 8.66. The lowest BCUT2D eigenvalue weighted by atomic mass is 9.84. The van der Waals surface area contributed by atoms with Gasteiger partial charge < -0.3 is 0 Å². The average molecular weight is 308 g/mol. The molecule has 1 aliphatic heterocycles. The van der Waals surface area contributed by atoms with E-state index in [2.05, 4.69) is 4.90 Å². The Kier molecular flexibility index (Phi) is 5.91. The van der Waals surface area contributed by atoms with Crippen molar-refractivity contribution in [3.05, 3.63) is 34.6 Å². The first-order chi connectivity index (χ1) is 10.7. The van der Waals surface area contributed by atoms with Crippen LogP contribution in [0.4, 0.5) is 4.39 Å². The Balaban J connectivity index is 0.000000847. The molecule has 0 saturated heterocycles. The van der Waals surface area contributed by atoms with E-state index in [-0.39, 0.29) is 11.4 Å². The minimum Gasteiger partial charge on any atom is -0.298 e. The second kappa shape index (κ2) is 7.70. The summed E-state index contributed by atoms with van der Waals surface area (Å²) in [6.07, 6.45) is 4.61. The number of rotatable bonds is 3. The van der Waals surface area contributed by atoms with E-state index in [1.165, 1.54) is 25.3 Å². The van der Waals surface area contributed by atoms with E-state index >= 15 is 0 Å². The zero-order chi connectivity index (χ0) is 16.1. The van der Waals surface area contributed by atoms with Crippen molar-refractivity contribution in [3.8, 4) is 0 Å². The van der Waals surface area contributed by atoms with E-state index in [9.17, 15) is 9.18 Å². The minimum atomic E-state index is -0.664. The molecule has 1 saturated carbocycles. The van der Waals surface area contributed by atoms with Crippen LogP contribution in [-0.2, 0) is 13.0 Å². The Hall–Kier alpha value is -1.46. The summed E-state index contributed by atoms with van der Waals surface area (Å²) in [7, 11) is 0. The third kappa shape index (κ3) is 3.65. The molecule has 1 amide bonds. The van der Waals surface area contributed by atoms with Crippen molar-refractivity contribution in [3.63, 3.8) is 0 Å². The summed E-state index contributed by atoms with van der Waals surface area (Å²) in [5.41, 5.74) is 3.31. The number of amides is 1. The highest BCUT2D eigenvalue weighted by Gasteiger charge is 2.25. The van der Waals surface area contributed by atoms with Gasteiger partial charge >= 0.3 is 0 Å². The van der Waals surface area contributed by atoms with Crippen molar-refractivity contribution in [2.45, 2.75) is 46.1 Å². The maximum absolute atomic E-state index is 14.0. The molecule has 0 bridgehead atoms. The van der Waals surface area contributed by atoms with Gasteiger partial charge in [0.1, 0.15) is 5.82 Å². The monoisotopic (exact) mass is 308 g/mol. The number of fused-ring (bicyclic) bond motifs is 1. The lowest BCUT2D eigenvalue weighted by Gasteiger charge is -2.35. The third-order valence-corrected chi connectivity index (χ3v) is 4.46. The van der Waals surface area contributed by atoms with Gasteiger partial charge in [0.25, 0.3) is 5.91 Å². The molecule has 122 valence electrons. The fourth-order valence-corrected chi connectivity index (χ4v) is 3.10. The van der Waals surface area contributed by atoms with Crippen LogP contribution < -0.4 is 5.48 Å². The number of hydrogen-bond acceptors (Lipinski definition) is 3. The minimum absolute atomic E-state index is 0.175. The molecule has 0 spiro atoms. The summed E-state index contributed by atoms with van der Waals surface area (Å²) < 4.78 is 14.0. The second-order valence-corrected chi connectivity index (χ2v) is 5.82. The molecule has 1 aliphatic carbocycles. The molecule has 5 heteroatoms. The lowest BCUT2D eigenvalue weighted by molar-refractivity contribution is 0.0705. The molecular weight excluding hydrogens is 283 g/mol. The maximum atomic E-state index is 14.0. The zero-order valence-corrected chi connectivity index (χ0v) is 13.4. The van der Waals surface area contributed by atoms with Crippen LogP contribution >= 0.6 is 0 Å². The zero-order valence-electron chi connectivity index (χ0n) is 13.4. The van der Waals surface area contributed by atoms with Crippen molar-refractivity contribution in [2.24, 2.45) is 5.92 Å². The van der Waals surface area contributed by atoms with Gasteiger partial charge in [-0.3, -0.25) is 14.9 Å². The third-order valence-electron chi connectivity index (χ3n) is 4.46. The molecule has 2 aliphatic rings. The fourth-order valence-electron chi connectivity index (χ4n) is 3.10. The van der Waals surface area contributed by atoms with Crippen LogP contribution in [0.25, 0.3) is 0 Å². The summed E-state index contributed by atoms with van der Waals surface area (Å²) in [4.78, 5) is 13.8. The Morgan fingerprint density at radius 1 is 1.41 bits per heavy atom. The van der Waals surface area contributed by atoms with E-state index in [0.717, 1.165) is 24.6 Å². The smallest absolute Gasteiger partial charge is 0.274 e. The van der Waals surface area contributed by atoms with Crippen molar-refractivity contribution >= 4 is 5.91 Å². The number of nitrogens with zero attached hydrogens (tertiary/aromatic N) is 1. The van der Waals surface area contributed by atoms with Crippen LogP contribution in [0.1, 0.15) is 54.6 Å². The molecule has 22 heavy (non-hydrogen) atoms. The molecular formula is C17H25FN2O2. The molecule has 3 rings (SSSR count). The lowest BCUT2D eigenvalue weighted by Crippen LogP contribution is -2.37. The number of benzene rings is 1. The van der Waals surface area contributed by atoms with Crippen LogP contribution in [0.5, 0.6) is 0 Å². The van der Waals surface area contributed by atoms with Crippen molar-refractivity contribution < 1.29 is 14.4 Å². The number of carbonyl (C=O) groups is 1. The van der Waals surface area contributed by atoms with Gasteiger partial charge in [-0.2, -0.15) is 0 Å². The van der Waals surface area contributed by atoms with Gasteiger partial charge in [-0.25, -0.2) is 9.87 Å². The number of carbonyl (C=O) groups excluding carboxylic acids is 1. The molecule has 1 aromatic carbocycles. The van der Waals surface area contributed by atoms with Gasteiger partial charge in [0.15, 0.2) is 0 Å². The maximum Gasteiger partial charge on any atom is 0.274 e. The van der Waals surface area contributed by atoms with Gasteiger partial charge in [-0.15, -0.1) is 0 Å². The van der Waals surface area contributed by atoms with Crippen LogP contribution in [0.15, 0.2) is 12.1 Å². The Morgan fingerprint density at radius 2 is 2.14 bits per heavy atom. The Morgan fingerprint density at radius 3 is 2.73 bits per heavy atom. The van der Waals surface area contributed by atoms with Crippen molar-refractivity contribution in [1.82, 2.24) is 10.4 Å². The highest BCUT2D eigenvalue weighted by molar-refractivity contribution is 5.93.